The van der Waals surface area contributed by atoms with Crippen molar-refractivity contribution in [3.8, 4) is 5.69 Å². The van der Waals surface area contributed by atoms with E-state index in [0.717, 1.165) is 10.6 Å². The Morgan fingerprint density at radius 3 is 2.23 bits per heavy atom. The molecule has 2 aromatic carbocycles. The standard InChI is InChI=1S/C17H10Cl3N3O3/c18-9-1-4-11(5-2-9)23-15(24)8-14(22-17(23)26)16(25)21-10-3-6-12(19)13(20)7-10/h1-8H,(H,21,25)(H,22,26). The number of hydrogen-bond donors (Lipinski definition) is 2. The van der Waals surface area contributed by atoms with E-state index in [9.17, 15) is 14.4 Å². The van der Waals surface area contributed by atoms with E-state index < -0.39 is 17.2 Å². The SMILES string of the molecule is O=C(Nc1ccc(Cl)c(Cl)c1)c1cc(=O)n(-c2ccc(Cl)cc2)c(=O)[nH]1. The van der Waals surface area contributed by atoms with E-state index in [0.29, 0.717) is 21.4 Å². The minimum absolute atomic E-state index is 0.184. The number of carbonyl (C=O) groups is 1. The van der Waals surface area contributed by atoms with Gasteiger partial charge in [0.15, 0.2) is 0 Å². The molecule has 9 heteroatoms. The van der Waals surface area contributed by atoms with Gasteiger partial charge in [-0.15, -0.1) is 0 Å². The lowest BCUT2D eigenvalue weighted by molar-refractivity contribution is 0.102. The lowest BCUT2D eigenvalue weighted by atomic mass is 10.3. The molecule has 2 N–H and O–H groups in total. The molecule has 0 aliphatic rings. The van der Waals surface area contributed by atoms with Crippen molar-refractivity contribution >= 4 is 46.4 Å². The second-order valence-corrected chi connectivity index (χ2v) is 6.47. The Morgan fingerprint density at radius 1 is 0.923 bits per heavy atom. The summed E-state index contributed by atoms with van der Waals surface area (Å²) in [5, 5.41) is 3.60. The number of aromatic nitrogens is 2. The maximum Gasteiger partial charge on any atom is 0.333 e. The molecule has 0 spiro atoms. The minimum atomic E-state index is -0.751. The van der Waals surface area contributed by atoms with Crippen LogP contribution in [0.25, 0.3) is 5.69 Å². The van der Waals surface area contributed by atoms with E-state index >= 15 is 0 Å². The Kier molecular flexibility index (Phi) is 5.18. The number of halogens is 3. The van der Waals surface area contributed by atoms with E-state index in [-0.39, 0.29) is 10.7 Å². The van der Waals surface area contributed by atoms with E-state index in [1.807, 2.05) is 0 Å². The summed E-state index contributed by atoms with van der Waals surface area (Å²) >= 11 is 17.5. The number of H-pyrrole nitrogens is 1. The molecule has 26 heavy (non-hydrogen) atoms. The number of rotatable bonds is 3. The van der Waals surface area contributed by atoms with Crippen LogP contribution in [0.1, 0.15) is 10.5 Å². The third-order valence-corrected chi connectivity index (χ3v) is 4.43. The molecule has 0 radical (unpaired) electrons. The summed E-state index contributed by atoms with van der Waals surface area (Å²) in [6.07, 6.45) is 0. The number of aromatic amines is 1. The number of anilines is 1. The first-order chi connectivity index (χ1) is 12.3. The highest BCUT2D eigenvalue weighted by Crippen LogP contribution is 2.25. The average molecular weight is 411 g/mol. The molecule has 3 rings (SSSR count). The Labute approximate surface area is 162 Å². The molecule has 0 atom stereocenters. The first kappa shape index (κ1) is 18.3. The zero-order valence-corrected chi connectivity index (χ0v) is 15.2. The monoisotopic (exact) mass is 409 g/mol. The topological polar surface area (TPSA) is 84.0 Å². The zero-order chi connectivity index (χ0) is 18.8. The molecule has 0 aliphatic heterocycles. The first-order valence-corrected chi connectivity index (χ1v) is 8.37. The highest BCUT2D eigenvalue weighted by Gasteiger charge is 2.13. The van der Waals surface area contributed by atoms with Crippen molar-refractivity contribution in [1.29, 1.82) is 0 Å². The third kappa shape index (κ3) is 3.83. The van der Waals surface area contributed by atoms with Crippen LogP contribution in [0.4, 0.5) is 5.69 Å². The summed E-state index contributed by atoms with van der Waals surface area (Å²) in [4.78, 5) is 39.2. The van der Waals surface area contributed by atoms with Gasteiger partial charge < -0.3 is 10.3 Å². The Hall–Kier alpha value is -2.54. The van der Waals surface area contributed by atoms with Gasteiger partial charge in [-0.1, -0.05) is 34.8 Å². The molecule has 1 amide bonds. The highest BCUT2D eigenvalue weighted by atomic mass is 35.5. The van der Waals surface area contributed by atoms with Gasteiger partial charge in [-0.3, -0.25) is 9.59 Å². The van der Waals surface area contributed by atoms with E-state index in [2.05, 4.69) is 10.3 Å². The van der Waals surface area contributed by atoms with Crippen molar-refractivity contribution in [2.24, 2.45) is 0 Å². The highest BCUT2D eigenvalue weighted by molar-refractivity contribution is 6.42. The summed E-state index contributed by atoms with van der Waals surface area (Å²) in [6, 6.07) is 11.7. The molecular formula is C17H10Cl3N3O3. The van der Waals surface area contributed by atoms with Crippen LogP contribution >= 0.6 is 34.8 Å². The fraction of sp³-hybridized carbons (Fsp3) is 0. The lowest BCUT2D eigenvalue weighted by Gasteiger charge is -2.08. The lowest BCUT2D eigenvalue weighted by Crippen LogP contribution is -2.35. The summed E-state index contributed by atoms with van der Waals surface area (Å²) in [5.74, 6) is -0.666. The van der Waals surface area contributed by atoms with Crippen molar-refractivity contribution in [2.75, 3.05) is 5.32 Å². The van der Waals surface area contributed by atoms with Crippen molar-refractivity contribution < 1.29 is 4.79 Å². The average Bonchev–Trinajstić information content (AvgIpc) is 2.59. The van der Waals surface area contributed by atoms with Crippen molar-refractivity contribution in [3.05, 3.63) is 90.1 Å². The smallest absolute Gasteiger partial charge is 0.321 e. The van der Waals surface area contributed by atoms with Crippen LogP contribution in [0.2, 0.25) is 15.1 Å². The molecule has 3 aromatic rings. The van der Waals surface area contributed by atoms with Crippen LogP contribution in [-0.4, -0.2) is 15.5 Å². The van der Waals surface area contributed by atoms with E-state index in [4.69, 9.17) is 34.8 Å². The summed E-state index contributed by atoms with van der Waals surface area (Å²) in [7, 11) is 0. The summed E-state index contributed by atoms with van der Waals surface area (Å²) < 4.78 is 0.895. The van der Waals surface area contributed by atoms with Gasteiger partial charge in [-0.25, -0.2) is 9.36 Å². The maximum atomic E-state index is 12.3. The predicted molar refractivity (Wildman–Crippen MR) is 102 cm³/mol. The van der Waals surface area contributed by atoms with E-state index in [1.54, 1.807) is 18.2 Å². The van der Waals surface area contributed by atoms with Crippen LogP contribution in [-0.2, 0) is 0 Å². The maximum absolute atomic E-state index is 12.3. The molecule has 0 unspecified atom stereocenters. The zero-order valence-electron chi connectivity index (χ0n) is 12.9. The molecule has 1 aromatic heterocycles. The molecule has 0 saturated heterocycles. The quantitative estimate of drug-likeness (QED) is 0.690. The van der Waals surface area contributed by atoms with Crippen LogP contribution in [0.3, 0.4) is 0 Å². The van der Waals surface area contributed by atoms with Crippen LogP contribution in [0.15, 0.2) is 58.1 Å². The van der Waals surface area contributed by atoms with Crippen LogP contribution < -0.4 is 16.6 Å². The van der Waals surface area contributed by atoms with Gasteiger partial charge in [0.1, 0.15) is 5.69 Å². The molecule has 0 saturated carbocycles. The molecule has 0 aliphatic carbocycles. The minimum Gasteiger partial charge on any atom is -0.321 e. The van der Waals surface area contributed by atoms with Crippen LogP contribution in [0.5, 0.6) is 0 Å². The van der Waals surface area contributed by atoms with Crippen molar-refractivity contribution in [2.45, 2.75) is 0 Å². The van der Waals surface area contributed by atoms with E-state index in [1.165, 1.54) is 24.3 Å². The van der Waals surface area contributed by atoms with Crippen LogP contribution in [0, 0.1) is 0 Å². The predicted octanol–water partition coefficient (Wildman–Crippen LogP) is 3.74. The summed E-state index contributed by atoms with van der Waals surface area (Å²) in [5.41, 5.74) is -0.894. The fourth-order valence-electron chi connectivity index (χ4n) is 2.22. The summed E-state index contributed by atoms with van der Waals surface area (Å²) in [6.45, 7) is 0. The molecule has 1 heterocycles. The number of nitrogens with one attached hydrogen (secondary N) is 2. The van der Waals surface area contributed by atoms with Gasteiger partial charge in [-0.2, -0.15) is 0 Å². The Morgan fingerprint density at radius 2 is 1.62 bits per heavy atom. The number of amides is 1. The number of benzene rings is 2. The molecule has 0 bridgehead atoms. The van der Waals surface area contributed by atoms with Gasteiger partial charge in [0.05, 0.1) is 15.7 Å². The molecule has 132 valence electrons. The third-order valence-electron chi connectivity index (χ3n) is 3.44. The van der Waals surface area contributed by atoms with Crippen molar-refractivity contribution in [1.82, 2.24) is 9.55 Å². The Balaban J connectivity index is 1.93. The van der Waals surface area contributed by atoms with Gasteiger partial charge in [0.2, 0.25) is 0 Å². The second kappa shape index (κ2) is 7.37. The van der Waals surface area contributed by atoms with Gasteiger partial charge in [0, 0.05) is 16.8 Å². The van der Waals surface area contributed by atoms with Gasteiger partial charge >= 0.3 is 5.69 Å². The first-order valence-electron chi connectivity index (χ1n) is 7.24. The second-order valence-electron chi connectivity index (χ2n) is 5.22. The number of hydrogen-bond acceptors (Lipinski definition) is 3. The molecule has 6 nitrogen and oxygen atoms in total. The molecular weight excluding hydrogens is 401 g/mol. The van der Waals surface area contributed by atoms with Crippen molar-refractivity contribution in [3.63, 3.8) is 0 Å². The number of nitrogens with zero attached hydrogens (tertiary/aromatic N) is 1. The van der Waals surface area contributed by atoms with Gasteiger partial charge in [-0.05, 0) is 42.5 Å². The fourth-order valence-corrected chi connectivity index (χ4v) is 2.65. The largest absolute Gasteiger partial charge is 0.333 e. The normalized spacial score (nSPS) is 10.6. The number of carbonyl (C=O) groups excluding carboxylic acids is 1. The molecule has 0 fully saturated rings. The van der Waals surface area contributed by atoms with Gasteiger partial charge in [0.25, 0.3) is 11.5 Å². The Bertz CT molecular complexity index is 1070.